The third-order valence-corrected chi connectivity index (χ3v) is 4.58. The molecule has 0 aromatic heterocycles. The zero-order chi connectivity index (χ0) is 16.8. The van der Waals surface area contributed by atoms with Crippen molar-refractivity contribution in [3.05, 3.63) is 23.8 Å². The van der Waals surface area contributed by atoms with Crippen LogP contribution in [0.1, 0.15) is 25.3 Å². The molecule has 1 aromatic rings. The van der Waals surface area contributed by atoms with Crippen molar-refractivity contribution in [2.75, 3.05) is 34.4 Å². The van der Waals surface area contributed by atoms with Crippen LogP contribution in [0.3, 0.4) is 0 Å². The maximum Gasteiger partial charge on any atom is 0.234 e. The Morgan fingerprint density at radius 2 is 2.00 bits per heavy atom. The zero-order valence-corrected chi connectivity index (χ0v) is 14.6. The third-order valence-electron chi connectivity index (χ3n) is 4.58. The molecular formula is C18H28N2O3. The molecule has 1 N–H and O–H groups in total. The number of nitrogens with one attached hydrogen (secondary N) is 1. The van der Waals surface area contributed by atoms with Crippen LogP contribution < -0.4 is 14.8 Å². The Bertz CT molecular complexity index is 529. The molecule has 0 radical (unpaired) electrons. The fourth-order valence-electron chi connectivity index (χ4n) is 2.75. The molecule has 1 atom stereocenters. The summed E-state index contributed by atoms with van der Waals surface area (Å²) in [6.45, 7) is 3.29. The molecule has 5 nitrogen and oxygen atoms in total. The number of benzene rings is 1. The lowest BCUT2D eigenvalue weighted by Gasteiger charge is -2.23. The topological polar surface area (TPSA) is 50.8 Å². The summed E-state index contributed by atoms with van der Waals surface area (Å²) >= 11 is 0. The molecule has 2 rings (SSSR count). The van der Waals surface area contributed by atoms with E-state index in [0.717, 1.165) is 23.7 Å². The van der Waals surface area contributed by atoms with Crippen LogP contribution in [-0.4, -0.2) is 51.2 Å². The Hall–Kier alpha value is -1.75. The van der Waals surface area contributed by atoms with Gasteiger partial charge in [-0.05, 0) is 56.8 Å². The van der Waals surface area contributed by atoms with Crippen LogP contribution in [0.15, 0.2) is 18.2 Å². The molecule has 0 aliphatic heterocycles. The number of methoxy groups -OCH3 is 2. The second-order valence-electron chi connectivity index (χ2n) is 6.28. The van der Waals surface area contributed by atoms with Gasteiger partial charge in [0.05, 0.1) is 20.8 Å². The van der Waals surface area contributed by atoms with Crippen LogP contribution in [0, 0.1) is 5.92 Å². The molecule has 1 aliphatic rings. The Kier molecular flexibility index (Phi) is 6.28. The largest absolute Gasteiger partial charge is 0.493 e. The minimum absolute atomic E-state index is 0.0838. The van der Waals surface area contributed by atoms with Crippen LogP contribution >= 0.6 is 0 Å². The summed E-state index contributed by atoms with van der Waals surface area (Å²) in [5, 5.41) is 2.99. The maximum atomic E-state index is 12.0. The lowest BCUT2D eigenvalue weighted by Crippen LogP contribution is -2.40. The number of rotatable bonds is 9. The predicted octanol–water partition coefficient (Wildman–Crippen LogP) is 2.09. The van der Waals surface area contributed by atoms with Gasteiger partial charge in [0, 0.05) is 12.6 Å². The number of hydrogen-bond acceptors (Lipinski definition) is 4. The standard InChI is InChI=1S/C18H28N2O3/c1-13(15-6-7-15)20(2)12-18(21)19-10-9-14-5-8-16(22-3)17(11-14)23-4/h5,8,11,13,15H,6-7,9-10,12H2,1-4H3,(H,19,21). The molecule has 0 saturated heterocycles. The summed E-state index contributed by atoms with van der Waals surface area (Å²) < 4.78 is 10.5. The van der Waals surface area contributed by atoms with E-state index < -0.39 is 0 Å². The normalized spacial score (nSPS) is 15.3. The van der Waals surface area contributed by atoms with Crippen molar-refractivity contribution >= 4 is 5.91 Å². The van der Waals surface area contributed by atoms with Crippen LogP contribution in [0.5, 0.6) is 11.5 Å². The number of hydrogen-bond donors (Lipinski definition) is 1. The third kappa shape index (κ3) is 5.13. The number of carbonyl (C=O) groups excluding carboxylic acids is 1. The van der Waals surface area contributed by atoms with Gasteiger partial charge < -0.3 is 14.8 Å². The van der Waals surface area contributed by atoms with Crippen LogP contribution in [0.25, 0.3) is 0 Å². The maximum absolute atomic E-state index is 12.0. The van der Waals surface area contributed by atoms with Gasteiger partial charge in [-0.2, -0.15) is 0 Å². The molecule has 1 amide bonds. The number of nitrogens with zero attached hydrogens (tertiary/aromatic N) is 1. The minimum Gasteiger partial charge on any atom is -0.493 e. The van der Waals surface area contributed by atoms with Crippen molar-refractivity contribution in [3.8, 4) is 11.5 Å². The fourth-order valence-corrected chi connectivity index (χ4v) is 2.75. The molecule has 5 heteroatoms. The van der Waals surface area contributed by atoms with Crippen molar-refractivity contribution in [2.45, 2.75) is 32.2 Å². The van der Waals surface area contributed by atoms with Crippen LogP contribution in [0.4, 0.5) is 0 Å². The highest BCUT2D eigenvalue weighted by Crippen LogP contribution is 2.34. The van der Waals surface area contributed by atoms with Gasteiger partial charge in [0.25, 0.3) is 0 Å². The SMILES string of the molecule is COc1ccc(CCNC(=O)CN(C)C(C)C2CC2)cc1OC. The van der Waals surface area contributed by atoms with Gasteiger partial charge in [-0.15, -0.1) is 0 Å². The van der Waals surface area contributed by atoms with Crippen molar-refractivity contribution in [2.24, 2.45) is 5.92 Å². The first-order valence-corrected chi connectivity index (χ1v) is 8.23. The molecule has 1 saturated carbocycles. The summed E-state index contributed by atoms with van der Waals surface area (Å²) in [4.78, 5) is 14.2. The van der Waals surface area contributed by atoms with Crippen LogP contribution in [-0.2, 0) is 11.2 Å². The van der Waals surface area contributed by atoms with Crippen molar-refractivity contribution in [3.63, 3.8) is 0 Å². The van der Waals surface area contributed by atoms with E-state index in [2.05, 4.69) is 17.1 Å². The van der Waals surface area contributed by atoms with E-state index in [1.165, 1.54) is 12.8 Å². The van der Waals surface area contributed by atoms with Crippen molar-refractivity contribution < 1.29 is 14.3 Å². The molecule has 0 heterocycles. The van der Waals surface area contributed by atoms with E-state index in [1.54, 1.807) is 14.2 Å². The second-order valence-corrected chi connectivity index (χ2v) is 6.28. The summed E-state index contributed by atoms with van der Waals surface area (Å²) in [7, 11) is 5.27. The zero-order valence-electron chi connectivity index (χ0n) is 14.6. The smallest absolute Gasteiger partial charge is 0.234 e. The number of likely N-dealkylation sites (N-methyl/N-ethyl adjacent to an activating group) is 1. The van der Waals surface area contributed by atoms with E-state index in [0.29, 0.717) is 24.9 Å². The molecule has 23 heavy (non-hydrogen) atoms. The summed E-state index contributed by atoms with van der Waals surface area (Å²) in [5.74, 6) is 2.30. The predicted molar refractivity (Wildman–Crippen MR) is 91.1 cm³/mol. The average molecular weight is 320 g/mol. The van der Waals surface area contributed by atoms with Gasteiger partial charge in [0.15, 0.2) is 11.5 Å². The first-order valence-electron chi connectivity index (χ1n) is 8.23. The van der Waals surface area contributed by atoms with Gasteiger partial charge >= 0.3 is 0 Å². The number of carbonyl (C=O) groups is 1. The van der Waals surface area contributed by atoms with E-state index in [-0.39, 0.29) is 5.91 Å². The molecule has 1 unspecified atom stereocenters. The van der Waals surface area contributed by atoms with Gasteiger partial charge in [-0.25, -0.2) is 0 Å². The van der Waals surface area contributed by atoms with Gasteiger partial charge in [0.2, 0.25) is 5.91 Å². The lowest BCUT2D eigenvalue weighted by molar-refractivity contribution is -0.122. The Balaban J connectivity index is 1.74. The van der Waals surface area contributed by atoms with Crippen molar-refractivity contribution in [1.29, 1.82) is 0 Å². The van der Waals surface area contributed by atoms with Crippen molar-refractivity contribution in [1.82, 2.24) is 10.2 Å². The van der Waals surface area contributed by atoms with Crippen LogP contribution in [0.2, 0.25) is 0 Å². The Morgan fingerprint density at radius 3 is 2.61 bits per heavy atom. The second kappa shape index (κ2) is 8.20. The molecule has 0 bridgehead atoms. The fraction of sp³-hybridized carbons (Fsp3) is 0.611. The quantitative estimate of drug-likeness (QED) is 0.757. The molecule has 1 aliphatic carbocycles. The first-order chi connectivity index (χ1) is 11.0. The van der Waals surface area contributed by atoms with E-state index in [1.807, 2.05) is 25.2 Å². The van der Waals surface area contributed by atoms with E-state index in [9.17, 15) is 4.79 Å². The van der Waals surface area contributed by atoms with Gasteiger partial charge in [0.1, 0.15) is 0 Å². The molecule has 1 aromatic carbocycles. The highest BCUT2D eigenvalue weighted by molar-refractivity contribution is 5.78. The number of ether oxygens (including phenoxy) is 2. The minimum atomic E-state index is 0.0838. The van der Waals surface area contributed by atoms with E-state index >= 15 is 0 Å². The lowest BCUT2D eigenvalue weighted by atomic mass is 10.1. The van der Waals surface area contributed by atoms with E-state index in [4.69, 9.17) is 9.47 Å². The Morgan fingerprint density at radius 1 is 1.30 bits per heavy atom. The molecule has 128 valence electrons. The average Bonchev–Trinajstić information content (AvgIpc) is 3.38. The summed E-state index contributed by atoms with van der Waals surface area (Å²) in [6, 6.07) is 6.33. The monoisotopic (exact) mass is 320 g/mol. The summed E-state index contributed by atoms with van der Waals surface area (Å²) in [6.07, 6.45) is 3.37. The number of amides is 1. The highest BCUT2D eigenvalue weighted by atomic mass is 16.5. The highest BCUT2D eigenvalue weighted by Gasteiger charge is 2.30. The molecule has 1 fully saturated rings. The Labute approximate surface area is 139 Å². The molecule has 0 spiro atoms. The van der Waals surface area contributed by atoms with Gasteiger partial charge in [-0.1, -0.05) is 6.07 Å². The summed E-state index contributed by atoms with van der Waals surface area (Å²) in [5.41, 5.74) is 1.11. The first kappa shape index (κ1) is 17.6. The molecular weight excluding hydrogens is 292 g/mol. The van der Waals surface area contributed by atoms with Gasteiger partial charge in [-0.3, -0.25) is 9.69 Å².